The minimum Gasteiger partial charge on any atom is -0.351 e. The maximum absolute atomic E-state index is 4.77. The van der Waals surface area contributed by atoms with Gasteiger partial charge in [-0.2, -0.15) is 5.10 Å². The summed E-state index contributed by atoms with van der Waals surface area (Å²) in [4.78, 5) is 15.7. The molecule has 6 rings (SSSR count). The van der Waals surface area contributed by atoms with Gasteiger partial charge in [0.2, 0.25) is 0 Å². The molecule has 28 heavy (non-hydrogen) atoms. The molecule has 0 spiro atoms. The highest BCUT2D eigenvalue weighted by molar-refractivity contribution is 5.68. The first-order valence-corrected chi connectivity index (χ1v) is 9.57. The summed E-state index contributed by atoms with van der Waals surface area (Å²) in [7, 11) is 0. The van der Waals surface area contributed by atoms with Crippen molar-refractivity contribution in [2.75, 3.05) is 18.0 Å². The van der Waals surface area contributed by atoms with E-state index in [1.165, 1.54) is 6.42 Å². The zero-order valence-corrected chi connectivity index (χ0v) is 15.2. The normalized spacial score (nSPS) is 20.9. The third kappa shape index (κ3) is 2.47. The number of aromatic nitrogens is 5. The van der Waals surface area contributed by atoms with Crippen molar-refractivity contribution in [2.24, 2.45) is 0 Å². The molecule has 138 valence electrons. The van der Waals surface area contributed by atoms with Crippen LogP contribution in [0.15, 0.2) is 61.2 Å². The van der Waals surface area contributed by atoms with E-state index in [0.717, 1.165) is 47.1 Å². The SMILES string of the molecule is c1cc(-c2cc3nccc(-c4ccc(N5C[C@@H]6C[C@H]5CN6)nc4)n3n2)ccn1. The molecule has 0 amide bonds. The molecule has 2 bridgehead atoms. The van der Waals surface area contributed by atoms with Gasteiger partial charge in [0.25, 0.3) is 0 Å². The summed E-state index contributed by atoms with van der Waals surface area (Å²) in [5, 5.41) is 8.31. The molecule has 4 aromatic rings. The van der Waals surface area contributed by atoms with Gasteiger partial charge in [0, 0.05) is 67.2 Å². The third-order valence-corrected chi connectivity index (χ3v) is 5.73. The van der Waals surface area contributed by atoms with Gasteiger partial charge in [-0.3, -0.25) is 4.98 Å². The van der Waals surface area contributed by atoms with Gasteiger partial charge >= 0.3 is 0 Å². The lowest BCUT2D eigenvalue weighted by atomic mass is 10.2. The summed E-state index contributed by atoms with van der Waals surface area (Å²) in [6, 6.07) is 13.3. The molecule has 7 nitrogen and oxygen atoms in total. The lowest BCUT2D eigenvalue weighted by molar-refractivity contribution is 0.576. The van der Waals surface area contributed by atoms with E-state index < -0.39 is 0 Å². The molecule has 0 saturated carbocycles. The summed E-state index contributed by atoms with van der Waals surface area (Å²) in [6.07, 6.45) is 8.53. The van der Waals surface area contributed by atoms with Gasteiger partial charge in [-0.1, -0.05) is 0 Å². The van der Waals surface area contributed by atoms with Crippen molar-refractivity contribution in [1.29, 1.82) is 0 Å². The Bertz CT molecular complexity index is 1140. The molecular formula is C21H19N7. The highest BCUT2D eigenvalue weighted by Crippen LogP contribution is 2.29. The monoisotopic (exact) mass is 369 g/mol. The number of anilines is 1. The Morgan fingerprint density at radius 3 is 2.64 bits per heavy atom. The van der Waals surface area contributed by atoms with Crippen LogP contribution in [0.2, 0.25) is 0 Å². The summed E-state index contributed by atoms with van der Waals surface area (Å²) < 4.78 is 1.88. The first-order valence-electron chi connectivity index (χ1n) is 9.57. The van der Waals surface area contributed by atoms with E-state index in [9.17, 15) is 0 Å². The fraction of sp³-hybridized carbons (Fsp3) is 0.238. The van der Waals surface area contributed by atoms with Gasteiger partial charge in [0.1, 0.15) is 5.82 Å². The molecule has 7 heteroatoms. The highest BCUT2D eigenvalue weighted by Gasteiger charge is 2.38. The summed E-state index contributed by atoms with van der Waals surface area (Å²) in [6.45, 7) is 2.11. The van der Waals surface area contributed by atoms with Gasteiger partial charge in [0.05, 0.1) is 11.4 Å². The number of hydrogen-bond acceptors (Lipinski definition) is 6. The lowest BCUT2D eigenvalue weighted by Crippen LogP contribution is -2.43. The predicted molar refractivity (Wildman–Crippen MR) is 107 cm³/mol. The Kier molecular flexibility index (Phi) is 3.42. The van der Waals surface area contributed by atoms with Crippen molar-refractivity contribution in [3.05, 3.63) is 61.2 Å². The van der Waals surface area contributed by atoms with Gasteiger partial charge in [-0.15, -0.1) is 0 Å². The van der Waals surface area contributed by atoms with Crippen LogP contribution >= 0.6 is 0 Å². The second-order valence-electron chi connectivity index (χ2n) is 7.42. The van der Waals surface area contributed by atoms with E-state index in [-0.39, 0.29) is 0 Å². The van der Waals surface area contributed by atoms with Crippen LogP contribution in [0.5, 0.6) is 0 Å². The maximum Gasteiger partial charge on any atom is 0.156 e. The van der Waals surface area contributed by atoms with Crippen LogP contribution in [0, 0.1) is 0 Å². The van der Waals surface area contributed by atoms with Crippen molar-refractivity contribution < 1.29 is 0 Å². The highest BCUT2D eigenvalue weighted by atomic mass is 15.3. The Hall–Kier alpha value is -3.32. The van der Waals surface area contributed by atoms with Crippen LogP contribution in [0.1, 0.15) is 6.42 Å². The molecular weight excluding hydrogens is 350 g/mol. The Labute approximate surface area is 162 Å². The van der Waals surface area contributed by atoms with Crippen molar-refractivity contribution >= 4 is 11.5 Å². The number of rotatable bonds is 3. The minimum absolute atomic E-state index is 0.574. The molecule has 2 fully saturated rings. The standard InChI is InChI=1S/C21H19N7/c1-2-20(27-13-16-9-17(27)12-24-16)25-11-15(1)19-5-8-23-21-10-18(26-28(19)21)14-3-6-22-7-4-14/h1-8,10-11,16-17,24H,9,12-13H2/t16-,17-/m0/s1. The molecule has 0 unspecified atom stereocenters. The molecule has 2 saturated heterocycles. The molecule has 0 radical (unpaired) electrons. The van der Waals surface area contributed by atoms with Crippen molar-refractivity contribution in [3.63, 3.8) is 0 Å². The first-order chi connectivity index (χ1) is 13.8. The second-order valence-corrected chi connectivity index (χ2v) is 7.42. The molecule has 0 aromatic carbocycles. The summed E-state index contributed by atoms with van der Waals surface area (Å²) in [5.74, 6) is 1.06. The van der Waals surface area contributed by atoms with E-state index in [4.69, 9.17) is 10.1 Å². The number of fused-ring (bicyclic) bond motifs is 3. The summed E-state index contributed by atoms with van der Waals surface area (Å²) >= 11 is 0. The number of nitrogens with zero attached hydrogens (tertiary/aromatic N) is 6. The zero-order valence-electron chi connectivity index (χ0n) is 15.2. The number of pyridine rings is 2. The number of nitrogens with one attached hydrogen (secondary N) is 1. The zero-order chi connectivity index (χ0) is 18.5. The molecule has 1 N–H and O–H groups in total. The van der Waals surface area contributed by atoms with Crippen LogP contribution in [0.25, 0.3) is 28.2 Å². The smallest absolute Gasteiger partial charge is 0.156 e. The fourth-order valence-electron chi connectivity index (χ4n) is 4.33. The van der Waals surface area contributed by atoms with Gasteiger partial charge in [-0.25, -0.2) is 14.5 Å². The van der Waals surface area contributed by atoms with E-state index in [1.54, 1.807) is 12.4 Å². The van der Waals surface area contributed by atoms with Gasteiger partial charge < -0.3 is 10.2 Å². The van der Waals surface area contributed by atoms with Crippen LogP contribution in [0.3, 0.4) is 0 Å². The Morgan fingerprint density at radius 1 is 0.964 bits per heavy atom. The quantitative estimate of drug-likeness (QED) is 0.598. The van der Waals surface area contributed by atoms with E-state index >= 15 is 0 Å². The topological polar surface area (TPSA) is 71.2 Å². The molecule has 2 aliphatic heterocycles. The minimum atomic E-state index is 0.574. The predicted octanol–water partition coefficient (Wildman–Crippen LogP) is 2.40. The van der Waals surface area contributed by atoms with E-state index in [2.05, 4.69) is 32.3 Å². The molecule has 0 aliphatic carbocycles. The van der Waals surface area contributed by atoms with Gasteiger partial charge in [-0.05, 0) is 36.8 Å². The average Bonchev–Trinajstić information content (AvgIpc) is 3.49. The van der Waals surface area contributed by atoms with E-state index in [0.29, 0.717) is 12.1 Å². The average molecular weight is 369 g/mol. The van der Waals surface area contributed by atoms with Gasteiger partial charge in [0.15, 0.2) is 5.65 Å². The molecule has 2 atom stereocenters. The first kappa shape index (κ1) is 15.7. The maximum atomic E-state index is 4.77. The largest absolute Gasteiger partial charge is 0.351 e. The lowest BCUT2D eigenvalue weighted by Gasteiger charge is -2.28. The number of hydrogen-bond donors (Lipinski definition) is 1. The Morgan fingerprint density at radius 2 is 1.89 bits per heavy atom. The molecule has 6 heterocycles. The van der Waals surface area contributed by atoms with Crippen LogP contribution < -0.4 is 10.2 Å². The second kappa shape index (κ2) is 6.10. The Balaban J connectivity index is 1.37. The fourth-order valence-corrected chi connectivity index (χ4v) is 4.33. The van der Waals surface area contributed by atoms with Crippen molar-refractivity contribution in [2.45, 2.75) is 18.5 Å². The van der Waals surface area contributed by atoms with Crippen molar-refractivity contribution in [3.8, 4) is 22.5 Å². The van der Waals surface area contributed by atoms with Crippen molar-refractivity contribution in [1.82, 2.24) is 29.9 Å². The van der Waals surface area contributed by atoms with E-state index in [1.807, 2.05) is 41.2 Å². The third-order valence-electron chi connectivity index (χ3n) is 5.73. The number of piperazine rings is 1. The molecule has 4 aromatic heterocycles. The summed E-state index contributed by atoms with van der Waals surface area (Å²) in [5.41, 5.74) is 4.73. The van der Waals surface area contributed by atoms with Crippen LogP contribution in [0.4, 0.5) is 5.82 Å². The molecule has 2 aliphatic rings. The van der Waals surface area contributed by atoms with Crippen LogP contribution in [-0.2, 0) is 0 Å². The van der Waals surface area contributed by atoms with Crippen LogP contribution in [-0.4, -0.2) is 49.7 Å².